The van der Waals surface area contributed by atoms with Crippen LogP contribution < -0.4 is 16.2 Å². The lowest BCUT2D eigenvalue weighted by atomic mass is 10.0. The van der Waals surface area contributed by atoms with Crippen LogP contribution in [-0.4, -0.2) is 29.7 Å². The number of nitrogens with two attached hydrogens (primary N) is 1. The van der Waals surface area contributed by atoms with Crippen molar-refractivity contribution in [2.24, 2.45) is 12.8 Å². The van der Waals surface area contributed by atoms with Crippen molar-refractivity contribution in [2.45, 2.75) is 32.5 Å². The molecule has 1 saturated heterocycles. The number of rotatable bonds is 5. The van der Waals surface area contributed by atoms with Crippen LogP contribution >= 0.6 is 0 Å². The zero-order chi connectivity index (χ0) is 21.3. The minimum atomic E-state index is -0.686. The van der Waals surface area contributed by atoms with E-state index in [2.05, 4.69) is 30.0 Å². The van der Waals surface area contributed by atoms with Crippen molar-refractivity contribution in [3.8, 4) is 0 Å². The SMILES string of the molecule is Cc1cccc(COC2CCN(c3c(C(N)=O)c(=O)n(C)c4ccccc34)CC2)c1. The van der Waals surface area contributed by atoms with Gasteiger partial charge in [-0.15, -0.1) is 0 Å². The molecule has 6 heteroatoms. The van der Waals surface area contributed by atoms with Gasteiger partial charge < -0.3 is 19.9 Å². The number of hydrogen-bond acceptors (Lipinski definition) is 4. The highest BCUT2D eigenvalue weighted by Gasteiger charge is 2.27. The van der Waals surface area contributed by atoms with Gasteiger partial charge in [0.05, 0.1) is 23.9 Å². The van der Waals surface area contributed by atoms with Crippen LogP contribution in [0.2, 0.25) is 0 Å². The second kappa shape index (κ2) is 8.32. The van der Waals surface area contributed by atoms with Crippen molar-refractivity contribution in [3.05, 3.63) is 75.6 Å². The van der Waals surface area contributed by atoms with Gasteiger partial charge in [-0.3, -0.25) is 9.59 Å². The average molecular weight is 405 g/mol. The number of benzene rings is 2. The van der Waals surface area contributed by atoms with Gasteiger partial charge in [-0.2, -0.15) is 0 Å². The van der Waals surface area contributed by atoms with Crippen molar-refractivity contribution in [3.63, 3.8) is 0 Å². The molecule has 1 aliphatic heterocycles. The van der Waals surface area contributed by atoms with E-state index in [4.69, 9.17) is 10.5 Å². The molecule has 0 spiro atoms. The number of carbonyl (C=O) groups excluding carboxylic acids is 1. The first-order valence-corrected chi connectivity index (χ1v) is 10.3. The molecule has 0 atom stereocenters. The van der Waals surface area contributed by atoms with Gasteiger partial charge in [-0.25, -0.2) is 0 Å². The molecule has 2 heterocycles. The third-order valence-electron chi connectivity index (χ3n) is 5.85. The largest absolute Gasteiger partial charge is 0.373 e. The lowest BCUT2D eigenvalue weighted by Gasteiger charge is -2.35. The molecule has 1 aliphatic rings. The summed E-state index contributed by atoms with van der Waals surface area (Å²) in [7, 11) is 1.67. The highest BCUT2D eigenvalue weighted by molar-refractivity contribution is 6.06. The number of ether oxygens (including phenoxy) is 1. The standard InChI is InChI=1S/C24H27N3O3/c1-16-6-5-7-17(14-16)15-30-18-10-12-27(13-11-18)22-19-8-3-4-9-20(19)26(2)24(29)21(22)23(25)28/h3-9,14,18H,10-13,15H2,1-2H3,(H2,25,28). The van der Waals surface area contributed by atoms with Gasteiger partial charge in [0, 0.05) is 25.5 Å². The first-order valence-electron chi connectivity index (χ1n) is 10.3. The first kappa shape index (κ1) is 20.2. The van der Waals surface area contributed by atoms with Gasteiger partial charge in [0.1, 0.15) is 5.56 Å². The Bertz CT molecular complexity index is 1140. The summed E-state index contributed by atoms with van der Waals surface area (Å²) >= 11 is 0. The Kier molecular flexibility index (Phi) is 5.59. The van der Waals surface area contributed by atoms with E-state index in [1.807, 2.05) is 30.3 Å². The van der Waals surface area contributed by atoms with Crippen molar-refractivity contribution in [1.29, 1.82) is 0 Å². The summed E-state index contributed by atoms with van der Waals surface area (Å²) in [6.45, 7) is 4.08. The van der Waals surface area contributed by atoms with Crippen LogP contribution in [0, 0.1) is 6.92 Å². The first-order chi connectivity index (χ1) is 14.5. The van der Waals surface area contributed by atoms with Crippen LogP contribution in [0.15, 0.2) is 53.3 Å². The van der Waals surface area contributed by atoms with Crippen molar-refractivity contribution in [2.75, 3.05) is 18.0 Å². The number of hydrogen-bond donors (Lipinski definition) is 1. The maximum atomic E-state index is 12.8. The zero-order valence-corrected chi connectivity index (χ0v) is 17.4. The third-order valence-corrected chi connectivity index (χ3v) is 5.85. The van der Waals surface area contributed by atoms with Gasteiger partial charge in [0.15, 0.2) is 0 Å². The molecule has 2 aromatic carbocycles. The van der Waals surface area contributed by atoms with E-state index < -0.39 is 5.91 Å². The van der Waals surface area contributed by atoms with Crippen LogP contribution in [0.5, 0.6) is 0 Å². The van der Waals surface area contributed by atoms with Crippen LogP contribution in [0.1, 0.15) is 34.3 Å². The Balaban J connectivity index is 1.56. The summed E-state index contributed by atoms with van der Waals surface area (Å²) in [5.74, 6) is -0.686. The number of amides is 1. The van der Waals surface area contributed by atoms with E-state index in [0.717, 1.165) is 23.7 Å². The van der Waals surface area contributed by atoms with Crippen LogP contribution in [0.25, 0.3) is 10.9 Å². The summed E-state index contributed by atoms with van der Waals surface area (Å²) < 4.78 is 7.63. The Morgan fingerprint density at radius 1 is 1.13 bits per heavy atom. The fourth-order valence-corrected chi connectivity index (χ4v) is 4.29. The monoisotopic (exact) mass is 405 g/mol. The van der Waals surface area contributed by atoms with Gasteiger partial charge >= 0.3 is 0 Å². The minimum absolute atomic E-state index is 0.0651. The quantitative estimate of drug-likeness (QED) is 0.707. The number of pyridine rings is 1. The molecule has 3 aromatic rings. The Labute approximate surface area is 175 Å². The Hall–Kier alpha value is -3.12. The number of piperidine rings is 1. The number of aryl methyl sites for hydroxylation is 2. The van der Waals surface area contributed by atoms with Crippen LogP contribution in [-0.2, 0) is 18.4 Å². The normalized spacial score (nSPS) is 14.9. The molecule has 156 valence electrons. The molecule has 0 radical (unpaired) electrons. The number of aromatic nitrogens is 1. The summed E-state index contributed by atoms with van der Waals surface area (Å²) in [4.78, 5) is 27.1. The van der Waals surface area contributed by atoms with Crippen molar-refractivity contribution in [1.82, 2.24) is 4.57 Å². The highest BCUT2D eigenvalue weighted by Crippen LogP contribution is 2.31. The Morgan fingerprint density at radius 3 is 2.57 bits per heavy atom. The minimum Gasteiger partial charge on any atom is -0.373 e. The summed E-state index contributed by atoms with van der Waals surface area (Å²) in [5.41, 5.74) is 9.18. The Morgan fingerprint density at radius 2 is 1.87 bits per heavy atom. The second-order valence-corrected chi connectivity index (χ2v) is 7.96. The van der Waals surface area contributed by atoms with E-state index in [1.54, 1.807) is 7.05 Å². The molecule has 30 heavy (non-hydrogen) atoms. The molecule has 1 aromatic heterocycles. The fraction of sp³-hybridized carbons (Fsp3) is 0.333. The molecule has 0 saturated carbocycles. The van der Waals surface area contributed by atoms with Crippen molar-refractivity contribution < 1.29 is 9.53 Å². The number of anilines is 1. The molecule has 0 bridgehead atoms. The topological polar surface area (TPSA) is 77.6 Å². The molecule has 4 rings (SSSR count). The number of carbonyl (C=O) groups is 1. The molecule has 0 aliphatic carbocycles. The third kappa shape index (κ3) is 3.83. The highest BCUT2D eigenvalue weighted by atomic mass is 16.5. The smallest absolute Gasteiger partial charge is 0.265 e. The van der Waals surface area contributed by atoms with Gasteiger partial charge in [0.2, 0.25) is 0 Å². The van der Waals surface area contributed by atoms with E-state index in [0.29, 0.717) is 25.4 Å². The molecule has 0 unspecified atom stereocenters. The lowest BCUT2D eigenvalue weighted by Crippen LogP contribution is -2.40. The molecule has 6 nitrogen and oxygen atoms in total. The number of para-hydroxylation sites is 1. The second-order valence-electron chi connectivity index (χ2n) is 7.96. The maximum absolute atomic E-state index is 12.8. The van der Waals surface area contributed by atoms with Gasteiger partial charge in [0.25, 0.3) is 11.5 Å². The maximum Gasteiger partial charge on any atom is 0.265 e. The lowest BCUT2D eigenvalue weighted by molar-refractivity contribution is 0.0251. The fourth-order valence-electron chi connectivity index (χ4n) is 4.29. The zero-order valence-electron chi connectivity index (χ0n) is 17.4. The van der Waals surface area contributed by atoms with Gasteiger partial charge in [-0.1, -0.05) is 48.0 Å². The molecular formula is C24H27N3O3. The summed E-state index contributed by atoms with van der Waals surface area (Å²) in [6.07, 6.45) is 1.80. The number of primary amides is 1. The van der Waals surface area contributed by atoms with Crippen LogP contribution in [0.4, 0.5) is 5.69 Å². The van der Waals surface area contributed by atoms with Crippen molar-refractivity contribution >= 4 is 22.5 Å². The average Bonchev–Trinajstić information content (AvgIpc) is 2.75. The van der Waals surface area contributed by atoms with E-state index in [-0.39, 0.29) is 17.2 Å². The predicted molar refractivity (Wildman–Crippen MR) is 119 cm³/mol. The number of nitrogens with zero attached hydrogens (tertiary/aromatic N) is 2. The van der Waals surface area contributed by atoms with Gasteiger partial charge in [-0.05, 0) is 31.4 Å². The number of fused-ring (bicyclic) bond motifs is 1. The van der Waals surface area contributed by atoms with E-state index in [1.165, 1.54) is 15.7 Å². The van der Waals surface area contributed by atoms with E-state index in [9.17, 15) is 9.59 Å². The molecular weight excluding hydrogens is 378 g/mol. The summed E-state index contributed by atoms with van der Waals surface area (Å²) in [5, 5.41) is 0.868. The predicted octanol–water partition coefficient (Wildman–Crippen LogP) is 3.13. The summed E-state index contributed by atoms with van der Waals surface area (Å²) in [6, 6.07) is 16.0. The van der Waals surface area contributed by atoms with E-state index >= 15 is 0 Å². The van der Waals surface area contributed by atoms with Crippen LogP contribution in [0.3, 0.4) is 0 Å². The molecule has 1 fully saturated rings. The molecule has 2 N–H and O–H groups in total. The molecule has 1 amide bonds.